The third-order valence-corrected chi connectivity index (χ3v) is 5.07. The van der Waals surface area contributed by atoms with E-state index in [-0.39, 0.29) is 30.2 Å². The van der Waals surface area contributed by atoms with Gasteiger partial charge in [0.2, 0.25) is 0 Å². The molecular weight excluding hydrogens is 290 g/mol. The number of amides is 1. The topological polar surface area (TPSA) is 49.8 Å². The molecule has 4 rings (SSSR count). The standard InChI is InChI=1S/C13H19NO3.C6H4/c1-3-9-8-10-11(6-5-7-12(10)15)14(9)13(16)17-4-2;1-2-6-4-3-5(1)6/h1,9-12,15H,4-8H2,2H3;1-4H. The van der Waals surface area contributed by atoms with E-state index in [4.69, 9.17) is 11.2 Å². The van der Waals surface area contributed by atoms with Crippen LogP contribution in [-0.4, -0.2) is 40.9 Å². The Morgan fingerprint density at radius 1 is 1.35 bits per heavy atom. The minimum absolute atomic E-state index is 0.0545. The third kappa shape index (κ3) is 2.94. The molecule has 0 radical (unpaired) electrons. The fourth-order valence-electron chi connectivity index (χ4n) is 3.75. The Balaban J connectivity index is 0.000000213. The van der Waals surface area contributed by atoms with Crippen molar-refractivity contribution in [3.63, 3.8) is 0 Å². The molecule has 4 atom stereocenters. The van der Waals surface area contributed by atoms with Crippen LogP contribution in [0.1, 0.15) is 32.6 Å². The maximum Gasteiger partial charge on any atom is 0.411 e. The summed E-state index contributed by atoms with van der Waals surface area (Å²) in [4.78, 5) is 13.6. The Labute approximate surface area is 137 Å². The second-order valence-corrected chi connectivity index (χ2v) is 6.33. The highest BCUT2D eigenvalue weighted by molar-refractivity contribution is 5.75. The highest BCUT2D eigenvalue weighted by Crippen LogP contribution is 2.40. The molecular formula is C19H23NO3. The highest BCUT2D eigenvalue weighted by atomic mass is 16.6. The lowest BCUT2D eigenvalue weighted by Gasteiger charge is -2.34. The third-order valence-electron chi connectivity index (χ3n) is 5.07. The van der Waals surface area contributed by atoms with Gasteiger partial charge in [-0.15, -0.1) is 6.42 Å². The van der Waals surface area contributed by atoms with E-state index in [2.05, 4.69) is 30.2 Å². The van der Waals surface area contributed by atoms with Crippen molar-refractivity contribution in [3.05, 3.63) is 24.3 Å². The molecule has 23 heavy (non-hydrogen) atoms. The van der Waals surface area contributed by atoms with Crippen molar-refractivity contribution < 1.29 is 14.6 Å². The zero-order valence-electron chi connectivity index (χ0n) is 13.4. The number of hydrogen-bond donors (Lipinski definition) is 1. The highest BCUT2D eigenvalue weighted by Gasteiger charge is 2.47. The van der Waals surface area contributed by atoms with E-state index in [0.29, 0.717) is 13.0 Å². The number of nitrogens with zero attached hydrogens (tertiary/aromatic N) is 1. The fourth-order valence-corrected chi connectivity index (χ4v) is 3.75. The average molecular weight is 313 g/mol. The normalized spacial score (nSPS) is 29.7. The summed E-state index contributed by atoms with van der Waals surface area (Å²) in [5.41, 5.74) is 2.85. The van der Waals surface area contributed by atoms with Gasteiger partial charge in [0.15, 0.2) is 0 Å². The largest absolute Gasteiger partial charge is 0.450 e. The summed E-state index contributed by atoms with van der Waals surface area (Å²) in [5, 5.41) is 9.97. The van der Waals surface area contributed by atoms with Crippen LogP contribution >= 0.6 is 0 Å². The zero-order valence-corrected chi connectivity index (χ0v) is 13.4. The minimum atomic E-state index is -0.336. The molecule has 4 heteroatoms. The maximum atomic E-state index is 11.9. The van der Waals surface area contributed by atoms with Gasteiger partial charge in [0.05, 0.1) is 18.8 Å². The number of ether oxygens (including phenoxy) is 1. The molecule has 0 aromatic heterocycles. The quantitative estimate of drug-likeness (QED) is 0.823. The van der Waals surface area contributed by atoms with Crippen LogP contribution in [0.3, 0.4) is 0 Å². The van der Waals surface area contributed by atoms with Crippen molar-refractivity contribution in [3.8, 4) is 23.5 Å². The Hall–Kier alpha value is -1.99. The summed E-state index contributed by atoms with van der Waals surface area (Å²) < 4.78 is 5.05. The zero-order chi connectivity index (χ0) is 16.4. The number of rotatable bonds is 1. The molecule has 0 bridgehead atoms. The van der Waals surface area contributed by atoms with Gasteiger partial charge in [-0.1, -0.05) is 30.2 Å². The number of fused-ring (bicyclic) bond motifs is 2. The molecule has 1 amide bonds. The van der Waals surface area contributed by atoms with Gasteiger partial charge in [0.1, 0.15) is 0 Å². The molecule has 0 spiro atoms. The van der Waals surface area contributed by atoms with E-state index in [0.717, 1.165) is 19.3 Å². The molecule has 1 N–H and O–H groups in total. The van der Waals surface area contributed by atoms with Gasteiger partial charge in [-0.3, -0.25) is 4.90 Å². The lowest BCUT2D eigenvalue weighted by atomic mass is 9.82. The molecule has 3 aliphatic carbocycles. The van der Waals surface area contributed by atoms with E-state index in [1.165, 1.54) is 11.1 Å². The Bertz CT molecular complexity index is 583. The molecule has 1 saturated heterocycles. The molecule has 1 heterocycles. The first kappa shape index (κ1) is 15.9. The summed E-state index contributed by atoms with van der Waals surface area (Å²) in [6, 6.07) is 8.31. The molecule has 2 fully saturated rings. The van der Waals surface area contributed by atoms with Gasteiger partial charge in [-0.05, 0) is 43.7 Å². The molecule has 0 aromatic rings. The number of hydrogen-bond acceptors (Lipinski definition) is 3. The second-order valence-electron chi connectivity index (χ2n) is 6.33. The number of carbonyl (C=O) groups is 1. The molecule has 4 nitrogen and oxygen atoms in total. The van der Waals surface area contributed by atoms with Crippen LogP contribution < -0.4 is 0 Å². The first-order valence-corrected chi connectivity index (χ1v) is 8.35. The number of likely N-dealkylation sites (tertiary alicyclic amines) is 1. The smallest absolute Gasteiger partial charge is 0.411 e. The Kier molecular flexibility index (Phi) is 4.58. The Morgan fingerprint density at radius 3 is 2.48 bits per heavy atom. The number of benzene rings is 1. The van der Waals surface area contributed by atoms with Gasteiger partial charge in [0, 0.05) is 12.0 Å². The number of terminal acetylenes is 1. The van der Waals surface area contributed by atoms with Crippen molar-refractivity contribution in [2.24, 2.45) is 5.92 Å². The van der Waals surface area contributed by atoms with Gasteiger partial charge in [-0.2, -0.15) is 0 Å². The van der Waals surface area contributed by atoms with Crippen LogP contribution in [-0.2, 0) is 4.74 Å². The number of aliphatic hydroxyl groups is 1. The van der Waals surface area contributed by atoms with Crippen molar-refractivity contribution in [2.75, 3.05) is 6.61 Å². The van der Waals surface area contributed by atoms with Gasteiger partial charge < -0.3 is 9.84 Å². The molecule has 122 valence electrons. The monoisotopic (exact) mass is 313 g/mol. The summed E-state index contributed by atoms with van der Waals surface area (Å²) in [5.74, 6) is 2.76. The predicted molar refractivity (Wildman–Crippen MR) is 88.7 cm³/mol. The van der Waals surface area contributed by atoms with Crippen LogP contribution in [0.15, 0.2) is 24.3 Å². The van der Waals surface area contributed by atoms with Gasteiger partial charge >= 0.3 is 6.09 Å². The van der Waals surface area contributed by atoms with Gasteiger partial charge in [-0.25, -0.2) is 4.79 Å². The summed E-state index contributed by atoms with van der Waals surface area (Å²) in [7, 11) is 0. The Morgan fingerprint density at radius 2 is 2.00 bits per heavy atom. The van der Waals surface area contributed by atoms with E-state index >= 15 is 0 Å². The van der Waals surface area contributed by atoms with E-state index in [1.54, 1.807) is 11.8 Å². The number of carbonyl (C=O) groups excluding carboxylic acids is 1. The molecule has 1 aliphatic heterocycles. The van der Waals surface area contributed by atoms with Crippen LogP contribution in [0.2, 0.25) is 0 Å². The fraction of sp³-hybridized carbons (Fsp3) is 0.526. The van der Waals surface area contributed by atoms with E-state index in [9.17, 15) is 9.90 Å². The lowest BCUT2D eigenvalue weighted by Crippen LogP contribution is -2.45. The van der Waals surface area contributed by atoms with Gasteiger partial charge in [0.25, 0.3) is 0 Å². The van der Waals surface area contributed by atoms with Crippen LogP contribution in [0, 0.1) is 18.3 Å². The molecule has 4 unspecified atom stereocenters. The van der Waals surface area contributed by atoms with Crippen LogP contribution in [0.4, 0.5) is 4.79 Å². The predicted octanol–water partition coefficient (Wildman–Crippen LogP) is 3.05. The number of aliphatic hydroxyl groups excluding tert-OH is 1. The van der Waals surface area contributed by atoms with E-state index in [1.807, 2.05) is 0 Å². The lowest BCUT2D eigenvalue weighted by molar-refractivity contribution is 0.0351. The second kappa shape index (κ2) is 6.64. The SMILES string of the molecule is C#CC1CC2C(O)CCCC2N1C(=O)OCC.c1cc2ccc1-2. The van der Waals surface area contributed by atoms with E-state index < -0.39 is 0 Å². The van der Waals surface area contributed by atoms with Crippen molar-refractivity contribution in [1.82, 2.24) is 4.90 Å². The molecule has 1 saturated carbocycles. The van der Waals surface area contributed by atoms with Crippen molar-refractivity contribution >= 4 is 6.09 Å². The minimum Gasteiger partial charge on any atom is -0.450 e. The summed E-state index contributed by atoms with van der Waals surface area (Å²) >= 11 is 0. The molecule has 4 aliphatic rings. The molecule has 0 aromatic carbocycles. The first-order chi connectivity index (χ1) is 11.2. The van der Waals surface area contributed by atoms with Crippen molar-refractivity contribution in [1.29, 1.82) is 0 Å². The van der Waals surface area contributed by atoms with Crippen LogP contribution in [0.5, 0.6) is 0 Å². The van der Waals surface area contributed by atoms with Crippen molar-refractivity contribution in [2.45, 2.75) is 50.8 Å². The van der Waals surface area contributed by atoms with Crippen LogP contribution in [0.25, 0.3) is 11.1 Å². The summed E-state index contributed by atoms with van der Waals surface area (Å²) in [6.45, 7) is 2.14. The summed E-state index contributed by atoms with van der Waals surface area (Å²) in [6.07, 6.45) is 8.18. The average Bonchev–Trinajstić information content (AvgIpc) is 2.92. The maximum absolute atomic E-state index is 11.9. The first-order valence-electron chi connectivity index (χ1n) is 8.35.